The molecular weight excluding hydrogens is 390 g/mol. The van der Waals surface area contributed by atoms with Crippen molar-refractivity contribution in [1.82, 2.24) is 10.2 Å². The van der Waals surface area contributed by atoms with Gasteiger partial charge < -0.3 is 20.1 Å². The zero-order valence-electron chi connectivity index (χ0n) is 16.0. The average Bonchev–Trinajstić information content (AvgIpc) is 2.85. The lowest BCUT2D eigenvalue weighted by Crippen LogP contribution is -2.44. The predicted molar refractivity (Wildman–Crippen MR) is 101 cm³/mol. The number of urea groups is 1. The number of esters is 1. The Bertz CT molecular complexity index is 815. The molecule has 0 aliphatic carbocycles. The predicted octanol–water partition coefficient (Wildman–Crippen LogP) is 1.94. The van der Waals surface area contributed by atoms with Crippen molar-refractivity contribution in [3.63, 3.8) is 0 Å². The van der Waals surface area contributed by atoms with Gasteiger partial charge in [0.1, 0.15) is 17.8 Å². The topological polar surface area (TPSA) is 114 Å². The summed E-state index contributed by atoms with van der Waals surface area (Å²) >= 11 is 5.91. The van der Waals surface area contributed by atoms with Crippen LogP contribution in [0.1, 0.15) is 27.2 Å². The molecule has 9 nitrogen and oxygen atoms in total. The molecule has 1 saturated heterocycles. The fourth-order valence-corrected chi connectivity index (χ4v) is 2.73. The highest BCUT2D eigenvalue weighted by molar-refractivity contribution is 6.31. The van der Waals surface area contributed by atoms with Gasteiger partial charge >= 0.3 is 12.0 Å². The van der Waals surface area contributed by atoms with Gasteiger partial charge in [0.25, 0.3) is 11.8 Å². The highest BCUT2D eigenvalue weighted by atomic mass is 35.5. The Morgan fingerprint density at radius 3 is 2.61 bits per heavy atom. The molecule has 1 heterocycles. The molecular formula is C18H22ClN3O6. The van der Waals surface area contributed by atoms with Gasteiger partial charge in [-0.15, -0.1) is 0 Å². The largest absolute Gasteiger partial charge is 0.495 e. The lowest BCUT2D eigenvalue weighted by atomic mass is 9.99. The van der Waals surface area contributed by atoms with Crippen LogP contribution in [0.15, 0.2) is 18.2 Å². The summed E-state index contributed by atoms with van der Waals surface area (Å²) in [6, 6.07) is 4.00. The summed E-state index contributed by atoms with van der Waals surface area (Å²) in [5, 5.41) is 5.48. The van der Waals surface area contributed by atoms with E-state index in [2.05, 4.69) is 10.6 Å². The van der Waals surface area contributed by atoms with Crippen molar-refractivity contribution in [2.45, 2.75) is 38.8 Å². The second-order valence-corrected chi connectivity index (χ2v) is 6.91. The third-order valence-corrected chi connectivity index (χ3v) is 4.67. The number of anilines is 1. The summed E-state index contributed by atoms with van der Waals surface area (Å²) in [6.07, 6.45) is -0.793. The number of hydrogen-bond donors (Lipinski definition) is 2. The van der Waals surface area contributed by atoms with Crippen LogP contribution in [0, 0.1) is 0 Å². The molecule has 1 aliphatic rings. The number of halogens is 1. The van der Waals surface area contributed by atoms with Crippen LogP contribution in [-0.4, -0.2) is 54.0 Å². The maximum atomic E-state index is 12.3. The number of imide groups is 1. The van der Waals surface area contributed by atoms with Crippen molar-refractivity contribution in [3.8, 4) is 5.75 Å². The quantitative estimate of drug-likeness (QED) is 0.523. The minimum atomic E-state index is -1.17. The van der Waals surface area contributed by atoms with Crippen molar-refractivity contribution in [2.75, 3.05) is 19.0 Å². The Morgan fingerprint density at radius 2 is 2.04 bits per heavy atom. The van der Waals surface area contributed by atoms with Gasteiger partial charge in [0.05, 0.1) is 12.8 Å². The molecule has 10 heteroatoms. The van der Waals surface area contributed by atoms with E-state index in [-0.39, 0.29) is 0 Å². The molecule has 1 aromatic rings. The van der Waals surface area contributed by atoms with Crippen LogP contribution < -0.4 is 15.4 Å². The van der Waals surface area contributed by atoms with E-state index in [0.29, 0.717) is 22.9 Å². The Labute approximate surface area is 167 Å². The Hall–Kier alpha value is -2.81. The summed E-state index contributed by atoms with van der Waals surface area (Å²) in [5.41, 5.74) is -0.737. The Balaban J connectivity index is 1.97. The number of carbonyl (C=O) groups is 4. The molecule has 0 aromatic heterocycles. The van der Waals surface area contributed by atoms with E-state index in [1.807, 2.05) is 0 Å². The zero-order valence-corrected chi connectivity index (χ0v) is 16.8. The number of nitrogens with zero attached hydrogens (tertiary/aromatic N) is 1. The van der Waals surface area contributed by atoms with Crippen LogP contribution in [0.4, 0.5) is 10.5 Å². The van der Waals surface area contributed by atoms with Gasteiger partial charge in [0.15, 0.2) is 6.10 Å². The number of amides is 4. The number of ether oxygens (including phenoxy) is 2. The van der Waals surface area contributed by atoms with Crippen LogP contribution in [0.5, 0.6) is 5.75 Å². The maximum absolute atomic E-state index is 12.3. The lowest BCUT2D eigenvalue weighted by molar-refractivity contribution is -0.155. The minimum absolute atomic E-state index is 0.315. The number of methoxy groups -OCH3 is 1. The van der Waals surface area contributed by atoms with Crippen molar-refractivity contribution in [3.05, 3.63) is 23.2 Å². The van der Waals surface area contributed by atoms with E-state index in [0.717, 1.165) is 4.90 Å². The molecule has 2 rings (SSSR count). The van der Waals surface area contributed by atoms with Crippen LogP contribution in [0.25, 0.3) is 0 Å². The van der Waals surface area contributed by atoms with E-state index in [1.165, 1.54) is 20.1 Å². The van der Waals surface area contributed by atoms with Crippen LogP contribution in [0.2, 0.25) is 5.02 Å². The van der Waals surface area contributed by atoms with E-state index in [1.54, 1.807) is 26.0 Å². The molecule has 0 spiro atoms. The number of benzene rings is 1. The Kier molecular flexibility index (Phi) is 6.50. The summed E-state index contributed by atoms with van der Waals surface area (Å²) in [5.74, 6) is -1.64. The molecule has 2 N–H and O–H groups in total. The van der Waals surface area contributed by atoms with Crippen LogP contribution in [0.3, 0.4) is 0 Å². The normalized spacial score (nSPS) is 19.8. The first-order valence-electron chi connectivity index (χ1n) is 8.59. The lowest BCUT2D eigenvalue weighted by Gasteiger charge is -2.19. The molecule has 28 heavy (non-hydrogen) atoms. The highest BCUT2D eigenvalue weighted by Gasteiger charge is 2.47. The Morgan fingerprint density at radius 1 is 1.36 bits per heavy atom. The SMILES string of the molecule is CC[C@@]1(C)NC(=O)N(CC(=O)O[C@@H](C)C(=O)Nc2cc(Cl)ccc2OC)C1=O. The molecule has 1 aromatic carbocycles. The second-order valence-electron chi connectivity index (χ2n) is 6.47. The van der Waals surface area contributed by atoms with E-state index >= 15 is 0 Å². The van der Waals surface area contributed by atoms with Gasteiger partial charge in [-0.1, -0.05) is 18.5 Å². The third kappa shape index (κ3) is 4.53. The minimum Gasteiger partial charge on any atom is -0.495 e. The first kappa shape index (κ1) is 21.5. The first-order valence-corrected chi connectivity index (χ1v) is 8.97. The van der Waals surface area contributed by atoms with Gasteiger partial charge in [-0.25, -0.2) is 4.79 Å². The number of hydrogen-bond acceptors (Lipinski definition) is 6. The van der Waals surface area contributed by atoms with Crippen molar-refractivity contribution < 1.29 is 28.7 Å². The van der Waals surface area contributed by atoms with E-state index in [4.69, 9.17) is 21.1 Å². The number of carbonyl (C=O) groups excluding carboxylic acids is 4. The monoisotopic (exact) mass is 411 g/mol. The van der Waals surface area contributed by atoms with E-state index < -0.39 is 42.0 Å². The van der Waals surface area contributed by atoms with Gasteiger partial charge in [-0.05, 0) is 38.5 Å². The smallest absolute Gasteiger partial charge is 0.327 e. The molecule has 1 fully saturated rings. The summed E-state index contributed by atoms with van der Waals surface area (Å²) in [7, 11) is 1.44. The number of rotatable bonds is 7. The summed E-state index contributed by atoms with van der Waals surface area (Å²) < 4.78 is 10.2. The van der Waals surface area contributed by atoms with Gasteiger partial charge in [0.2, 0.25) is 0 Å². The fourth-order valence-electron chi connectivity index (χ4n) is 2.56. The van der Waals surface area contributed by atoms with Crippen LogP contribution >= 0.6 is 11.6 Å². The third-order valence-electron chi connectivity index (χ3n) is 4.44. The zero-order chi connectivity index (χ0) is 21.1. The fraction of sp³-hybridized carbons (Fsp3) is 0.444. The summed E-state index contributed by atoms with van der Waals surface area (Å²) in [4.78, 5) is 49.4. The molecule has 0 saturated carbocycles. The molecule has 0 unspecified atom stereocenters. The van der Waals surface area contributed by atoms with Crippen molar-refractivity contribution in [1.29, 1.82) is 0 Å². The second kappa shape index (κ2) is 8.47. The average molecular weight is 412 g/mol. The van der Waals surface area contributed by atoms with Crippen LogP contribution in [-0.2, 0) is 19.1 Å². The molecule has 0 bridgehead atoms. The molecule has 4 amide bonds. The van der Waals surface area contributed by atoms with Crippen molar-refractivity contribution in [2.24, 2.45) is 0 Å². The molecule has 0 radical (unpaired) electrons. The molecule has 152 valence electrons. The first-order chi connectivity index (χ1) is 13.1. The van der Waals surface area contributed by atoms with Gasteiger partial charge in [-0.3, -0.25) is 19.3 Å². The van der Waals surface area contributed by atoms with E-state index in [9.17, 15) is 19.2 Å². The van der Waals surface area contributed by atoms with Crippen molar-refractivity contribution >= 4 is 41.1 Å². The number of nitrogens with one attached hydrogen (secondary N) is 2. The van der Waals surface area contributed by atoms with Gasteiger partial charge in [0, 0.05) is 5.02 Å². The van der Waals surface area contributed by atoms with Gasteiger partial charge in [-0.2, -0.15) is 0 Å². The standard InChI is InChI=1S/C18H22ClN3O6/c1-5-18(3)16(25)22(17(26)21-18)9-14(23)28-10(2)15(24)20-12-8-11(19)6-7-13(12)27-4/h6-8,10H,5,9H2,1-4H3,(H,20,24)(H,21,26)/t10-,18+/m0/s1. The molecule has 2 atom stereocenters. The maximum Gasteiger partial charge on any atom is 0.327 e. The highest BCUT2D eigenvalue weighted by Crippen LogP contribution is 2.28. The molecule has 1 aliphatic heterocycles. The summed E-state index contributed by atoms with van der Waals surface area (Å²) in [6.45, 7) is 4.11.